The zero-order valence-electron chi connectivity index (χ0n) is 12.0. The summed E-state index contributed by atoms with van der Waals surface area (Å²) in [6.07, 6.45) is 0.127. The highest BCUT2D eigenvalue weighted by Gasteiger charge is 2.34. The minimum absolute atomic E-state index is 0.0404. The van der Waals surface area contributed by atoms with Crippen LogP contribution in [0, 0.1) is 5.82 Å². The Balaban J connectivity index is 2.23. The Morgan fingerprint density at radius 2 is 2.16 bits per heavy atom. The predicted molar refractivity (Wildman–Crippen MR) is 72.7 cm³/mol. The Kier molecular flexibility index (Phi) is 3.83. The first-order valence-corrected chi connectivity index (χ1v) is 6.69. The summed E-state index contributed by atoms with van der Waals surface area (Å²) in [6, 6.07) is 4.06. The molecule has 0 bridgehead atoms. The lowest BCUT2D eigenvalue weighted by Gasteiger charge is -2.44. The molecule has 1 heterocycles. The average molecular weight is 267 g/mol. The van der Waals surface area contributed by atoms with Gasteiger partial charge >= 0.3 is 0 Å². The normalized spacial score (nSPS) is 25.2. The number of aromatic hydroxyl groups is 1. The smallest absolute Gasteiger partial charge is 0.123 e. The fourth-order valence-corrected chi connectivity index (χ4v) is 2.85. The monoisotopic (exact) mass is 267 g/mol. The zero-order chi connectivity index (χ0) is 14.2. The van der Waals surface area contributed by atoms with E-state index in [-0.39, 0.29) is 29.3 Å². The number of nitrogens with zero attached hydrogens (tertiary/aromatic N) is 1. The molecule has 2 atom stereocenters. The van der Waals surface area contributed by atoms with Gasteiger partial charge in [-0.3, -0.25) is 4.90 Å². The SMILES string of the molecule is CC1CN(C(C)c2cc(F)ccc2O)CC(C)(C)O1. The largest absolute Gasteiger partial charge is 0.508 e. The number of benzene rings is 1. The van der Waals surface area contributed by atoms with E-state index in [1.54, 1.807) is 0 Å². The molecule has 1 aliphatic heterocycles. The van der Waals surface area contributed by atoms with Gasteiger partial charge in [-0.1, -0.05) is 0 Å². The number of halogens is 1. The number of phenols is 1. The van der Waals surface area contributed by atoms with Gasteiger partial charge in [-0.25, -0.2) is 4.39 Å². The van der Waals surface area contributed by atoms with Crippen molar-refractivity contribution in [2.45, 2.75) is 45.4 Å². The van der Waals surface area contributed by atoms with Crippen LogP contribution in [0.25, 0.3) is 0 Å². The van der Waals surface area contributed by atoms with Crippen molar-refractivity contribution >= 4 is 0 Å². The number of phenolic OH excluding ortho intramolecular Hbond substituents is 1. The topological polar surface area (TPSA) is 32.7 Å². The van der Waals surface area contributed by atoms with Crippen LogP contribution in [-0.2, 0) is 4.74 Å². The summed E-state index contributed by atoms with van der Waals surface area (Å²) in [5.41, 5.74) is 0.402. The molecule has 1 saturated heterocycles. The molecule has 2 rings (SSSR count). The second-order valence-electron chi connectivity index (χ2n) is 6.00. The summed E-state index contributed by atoms with van der Waals surface area (Å²) in [7, 11) is 0. The molecule has 1 aliphatic rings. The van der Waals surface area contributed by atoms with Gasteiger partial charge in [0, 0.05) is 24.7 Å². The Morgan fingerprint density at radius 3 is 2.79 bits per heavy atom. The van der Waals surface area contributed by atoms with Crippen molar-refractivity contribution in [2.75, 3.05) is 13.1 Å². The molecule has 0 radical (unpaired) electrons. The van der Waals surface area contributed by atoms with Gasteiger partial charge in [0.25, 0.3) is 0 Å². The van der Waals surface area contributed by atoms with Crippen molar-refractivity contribution in [1.29, 1.82) is 0 Å². The molecule has 3 nitrogen and oxygen atoms in total. The molecule has 0 aliphatic carbocycles. The third kappa shape index (κ3) is 3.25. The molecule has 0 amide bonds. The van der Waals surface area contributed by atoms with Gasteiger partial charge in [0.1, 0.15) is 11.6 Å². The maximum Gasteiger partial charge on any atom is 0.123 e. The van der Waals surface area contributed by atoms with Crippen molar-refractivity contribution in [2.24, 2.45) is 0 Å². The minimum Gasteiger partial charge on any atom is -0.508 e. The summed E-state index contributed by atoms with van der Waals surface area (Å²) >= 11 is 0. The third-order valence-corrected chi connectivity index (χ3v) is 3.58. The molecule has 1 fully saturated rings. The first-order valence-electron chi connectivity index (χ1n) is 6.69. The second-order valence-corrected chi connectivity index (χ2v) is 6.00. The van der Waals surface area contributed by atoms with Crippen molar-refractivity contribution in [1.82, 2.24) is 4.90 Å². The highest BCUT2D eigenvalue weighted by molar-refractivity contribution is 5.35. The number of hydrogen-bond donors (Lipinski definition) is 1. The van der Waals surface area contributed by atoms with E-state index in [1.807, 2.05) is 27.7 Å². The minimum atomic E-state index is -0.319. The van der Waals surface area contributed by atoms with Crippen molar-refractivity contribution in [3.63, 3.8) is 0 Å². The van der Waals surface area contributed by atoms with Crippen LogP contribution in [0.2, 0.25) is 0 Å². The average Bonchev–Trinajstić information content (AvgIpc) is 2.29. The highest BCUT2D eigenvalue weighted by atomic mass is 19.1. The van der Waals surface area contributed by atoms with E-state index in [0.29, 0.717) is 5.56 Å². The van der Waals surface area contributed by atoms with E-state index in [2.05, 4.69) is 4.90 Å². The van der Waals surface area contributed by atoms with Crippen molar-refractivity contribution in [3.05, 3.63) is 29.6 Å². The molecule has 1 aromatic rings. The van der Waals surface area contributed by atoms with Gasteiger partial charge < -0.3 is 9.84 Å². The van der Waals surface area contributed by atoms with E-state index in [0.717, 1.165) is 13.1 Å². The van der Waals surface area contributed by atoms with Gasteiger partial charge in [0.15, 0.2) is 0 Å². The van der Waals surface area contributed by atoms with Crippen LogP contribution < -0.4 is 0 Å². The molecule has 0 spiro atoms. The standard InChI is InChI=1S/C15H22FNO2/c1-10-8-17(9-15(3,4)19-10)11(2)13-7-12(16)5-6-14(13)18/h5-7,10-11,18H,8-9H2,1-4H3. The fraction of sp³-hybridized carbons (Fsp3) is 0.600. The van der Waals surface area contributed by atoms with E-state index in [1.165, 1.54) is 18.2 Å². The Morgan fingerprint density at radius 1 is 1.47 bits per heavy atom. The first-order chi connectivity index (χ1) is 8.78. The summed E-state index contributed by atoms with van der Waals surface area (Å²) in [4.78, 5) is 2.22. The lowest BCUT2D eigenvalue weighted by Crippen LogP contribution is -2.52. The number of rotatable bonds is 2. The summed E-state index contributed by atoms with van der Waals surface area (Å²) in [5, 5.41) is 9.91. The van der Waals surface area contributed by atoms with E-state index < -0.39 is 0 Å². The van der Waals surface area contributed by atoms with Crippen LogP contribution in [0.3, 0.4) is 0 Å². The van der Waals surface area contributed by atoms with Crippen LogP contribution in [0.4, 0.5) is 4.39 Å². The summed E-state index contributed by atoms with van der Waals surface area (Å²) < 4.78 is 19.2. The van der Waals surface area contributed by atoms with Crippen molar-refractivity contribution < 1.29 is 14.2 Å². The molecule has 1 aromatic carbocycles. The van der Waals surface area contributed by atoms with Crippen LogP contribution in [0.5, 0.6) is 5.75 Å². The number of hydrogen-bond acceptors (Lipinski definition) is 3. The van der Waals surface area contributed by atoms with Crippen LogP contribution in [-0.4, -0.2) is 34.8 Å². The Labute approximate surface area is 114 Å². The number of ether oxygens (including phenoxy) is 1. The first kappa shape index (κ1) is 14.3. The molecular weight excluding hydrogens is 245 g/mol. The molecule has 0 saturated carbocycles. The second kappa shape index (κ2) is 5.10. The zero-order valence-corrected chi connectivity index (χ0v) is 12.0. The summed E-state index contributed by atoms with van der Waals surface area (Å²) in [6.45, 7) is 9.66. The van der Waals surface area contributed by atoms with Gasteiger partial charge in [0.05, 0.1) is 11.7 Å². The maximum atomic E-state index is 13.3. The third-order valence-electron chi connectivity index (χ3n) is 3.58. The lowest BCUT2D eigenvalue weighted by atomic mass is 9.99. The molecule has 106 valence electrons. The fourth-order valence-electron chi connectivity index (χ4n) is 2.85. The molecule has 4 heteroatoms. The van der Waals surface area contributed by atoms with Crippen LogP contribution in [0.1, 0.15) is 39.3 Å². The van der Waals surface area contributed by atoms with Gasteiger partial charge in [-0.2, -0.15) is 0 Å². The van der Waals surface area contributed by atoms with Gasteiger partial charge in [-0.15, -0.1) is 0 Å². The van der Waals surface area contributed by atoms with Crippen LogP contribution in [0.15, 0.2) is 18.2 Å². The Bertz CT molecular complexity index is 461. The predicted octanol–water partition coefficient (Wildman–Crippen LogP) is 3.09. The molecule has 0 aromatic heterocycles. The van der Waals surface area contributed by atoms with Crippen molar-refractivity contribution in [3.8, 4) is 5.75 Å². The molecule has 19 heavy (non-hydrogen) atoms. The summed E-state index contributed by atoms with van der Waals surface area (Å²) in [5.74, 6) is -0.175. The molecular formula is C15H22FNO2. The molecule has 1 N–H and O–H groups in total. The van der Waals surface area contributed by atoms with E-state index >= 15 is 0 Å². The maximum absolute atomic E-state index is 13.3. The lowest BCUT2D eigenvalue weighted by molar-refractivity contribution is -0.137. The quantitative estimate of drug-likeness (QED) is 0.893. The van der Waals surface area contributed by atoms with Gasteiger partial charge in [0.2, 0.25) is 0 Å². The molecule has 2 unspecified atom stereocenters. The van der Waals surface area contributed by atoms with E-state index in [9.17, 15) is 9.50 Å². The van der Waals surface area contributed by atoms with Gasteiger partial charge in [-0.05, 0) is 45.9 Å². The highest BCUT2D eigenvalue weighted by Crippen LogP contribution is 2.33. The number of morpholine rings is 1. The van der Waals surface area contributed by atoms with E-state index in [4.69, 9.17) is 4.74 Å². The van der Waals surface area contributed by atoms with Crippen LogP contribution >= 0.6 is 0 Å². The Hall–Kier alpha value is -1.13.